The minimum absolute atomic E-state index is 0.0972. The van der Waals surface area contributed by atoms with Gasteiger partial charge in [-0.15, -0.1) is 0 Å². The maximum Gasteiger partial charge on any atom is 0.326 e. The highest BCUT2D eigenvalue weighted by molar-refractivity contribution is 5.99. The zero-order valence-corrected chi connectivity index (χ0v) is 31.5. The quantitative estimate of drug-likeness (QED) is 0.0410. The fourth-order valence-electron chi connectivity index (χ4n) is 5.16. The fourth-order valence-corrected chi connectivity index (χ4v) is 5.16. The van der Waals surface area contributed by atoms with Crippen molar-refractivity contribution in [2.75, 3.05) is 19.7 Å². The molecule has 2 amide bonds. The van der Waals surface area contributed by atoms with Crippen LogP contribution in [0.1, 0.15) is 174 Å². The zero-order chi connectivity index (χ0) is 38.4. The summed E-state index contributed by atoms with van der Waals surface area (Å²) in [5, 5.41) is 34.8. The lowest BCUT2D eigenvalue weighted by atomic mass is 10.0. The van der Waals surface area contributed by atoms with Crippen LogP contribution in [-0.2, 0) is 24.0 Å². The molecule has 0 unspecified atom stereocenters. The van der Waals surface area contributed by atoms with Crippen molar-refractivity contribution in [3.63, 3.8) is 0 Å². The first-order valence-electron chi connectivity index (χ1n) is 19.2. The largest absolute Gasteiger partial charge is 0.481 e. The summed E-state index contributed by atoms with van der Waals surface area (Å²) in [7, 11) is 0. The van der Waals surface area contributed by atoms with Crippen LogP contribution in [0, 0.1) is 0 Å². The summed E-state index contributed by atoms with van der Waals surface area (Å²) in [6.07, 6.45) is 21.3. The number of aliphatic hydroxyl groups excluding tert-OH is 1. The molecule has 2 atom stereocenters. The minimum Gasteiger partial charge on any atom is -0.481 e. The molecule has 13 nitrogen and oxygen atoms in total. The summed E-state index contributed by atoms with van der Waals surface area (Å²) < 4.78 is 0. The van der Waals surface area contributed by atoms with Gasteiger partial charge in [-0.3, -0.25) is 24.1 Å². The number of unbranched alkanes of at least 4 members (excludes halogenated alkanes) is 17. The van der Waals surface area contributed by atoms with Gasteiger partial charge in [0, 0.05) is 25.8 Å². The van der Waals surface area contributed by atoms with E-state index in [9.17, 15) is 29.1 Å². The number of hydrogen-bond donors (Lipinski definition) is 7. The van der Waals surface area contributed by atoms with E-state index in [2.05, 4.69) is 13.8 Å². The Balaban J connectivity index is -0.00000131. The predicted octanol–water partition coefficient (Wildman–Crippen LogP) is 5.97. The molecule has 0 saturated heterocycles. The molecule has 13 heteroatoms. The van der Waals surface area contributed by atoms with E-state index in [1.165, 1.54) is 64.2 Å². The predicted molar refractivity (Wildman–Crippen MR) is 198 cm³/mol. The highest BCUT2D eigenvalue weighted by atomic mass is 16.4. The Kier molecular flexibility index (Phi) is 40.6. The van der Waals surface area contributed by atoms with E-state index in [1.54, 1.807) is 0 Å². The lowest BCUT2D eigenvalue weighted by Gasteiger charge is -2.27. The summed E-state index contributed by atoms with van der Waals surface area (Å²) in [6, 6.07) is -2.13. The van der Waals surface area contributed by atoms with Crippen molar-refractivity contribution >= 4 is 29.7 Å². The Morgan fingerprint density at radius 2 is 0.900 bits per heavy atom. The number of amides is 2. The van der Waals surface area contributed by atoms with Gasteiger partial charge in [0.05, 0.1) is 6.61 Å². The van der Waals surface area contributed by atoms with E-state index in [0.717, 1.165) is 56.3 Å². The Hall–Kier alpha value is -2.61. The van der Waals surface area contributed by atoms with Gasteiger partial charge in [0.2, 0.25) is 11.8 Å². The van der Waals surface area contributed by atoms with Gasteiger partial charge in [-0.05, 0) is 38.6 Å². The van der Waals surface area contributed by atoms with Crippen molar-refractivity contribution in [2.45, 2.75) is 186 Å². The Morgan fingerprint density at radius 1 is 0.520 bits per heavy atom. The summed E-state index contributed by atoms with van der Waals surface area (Å²) in [5.74, 6) is -4.37. The Bertz CT molecular complexity index is 810. The first-order chi connectivity index (χ1) is 23.9. The van der Waals surface area contributed by atoms with Crippen LogP contribution in [0.5, 0.6) is 0 Å². The molecule has 0 saturated carbocycles. The van der Waals surface area contributed by atoms with Crippen molar-refractivity contribution in [3.05, 3.63) is 0 Å². The number of nitrogens with two attached hydrogens (primary N) is 3. The molecule has 0 aliphatic carbocycles. The number of nitrogens with zero attached hydrogens (tertiary/aromatic N) is 1. The molecular weight excluding hydrogens is 644 g/mol. The van der Waals surface area contributed by atoms with E-state index in [4.69, 9.17) is 32.5 Å². The van der Waals surface area contributed by atoms with Crippen molar-refractivity contribution in [3.8, 4) is 0 Å². The third-order valence-electron chi connectivity index (χ3n) is 8.17. The van der Waals surface area contributed by atoms with E-state index in [-0.39, 0.29) is 25.9 Å². The van der Waals surface area contributed by atoms with Crippen LogP contribution in [0.25, 0.3) is 0 Å². The van der Waals surface area contributed by atoms with E-state index in [1.807, 2.05) is 0 Å². The summed E-state index contributed by atoms with van der Waals surface area (Å²) in [6.45, 7) is 5.46. The van der Waals surface area contributed by atoms with Crippen molar-refractivity contribution in [1.29, 1.82) is 0 Å². The standard InChI is InChI=1S/C29H53NO6.C6H14N2O2.C2H7NO/c1-3-5-7-9-11-13-15-17-19-21-26(31)30(25(29(35)36)23-24-28(33)34)27(32)22-20-18-16-14-12-10-8-6-4-2;7-4-2-1-3-5(8)6(9)10;3-1-2-4/h25H,3-24H2,1-2H3,(H,33,34)(H,35,36);5H,1-4,7-8H2,(H,9,10);4H,1-3H2/t25-;5-;/m00./s1. The number of imide groups is 1. The molecule has 0 bridgehead atoms. The van der Waals surface area contributed by atoms with E-state index >= 15 is 0 Å². The molecule has 0 aromatic rings. The SMILES string of the molecule is CCCCCCCCCCCC(=O)N(C(=O)CCCCCCCCCCC)[C@@H](CCC(=O)O)C(=O)O.NCCCC[C@H](N)C(=O)O.NCCO. The summed E-state index contributed by atoms with van der Waals surface area (Å²) >= 11 is 0. The van der Waals surface area contributed by atoms with Crippen LogP contribution >= 0.6 is 0 Å². The van der Waals surface area contributed by atoms with Crippen LogP contribution in [0.15, 0.2) is 0 Å². The molecule has 10 N–H and O–H groups in total. The van der Waals surface area contributed by atoms with Crippen LogP contribution < -0.4 is 17.2 Å². The van der Waals surface area contributed by atoms with Crippen molar-refractivity contribution in [2.24, 2.45) is 17.2 Å². The first kappa shape index (κ1) is 51.8. The minimum atomic E-state index is -1.42. The number of aliphatic carboxylic acids is 3. The average Bonchev–Trinajstić information content (AvgIpc) is 3.08. The smallest absolute Gasteiger partial charge is 0.326 e. The second-order valence-electron chi connectivity index (χ2n) is 12.8. The molecule has 0 aromatic carbocycles. The third kappa shape index (κ3) is 35.2. The molecule has 0 aliphatic rings. The van der Waals surface area contributed by atoms with Crippen LogP contribution in [0.2, 0.25) is 0 Å². The Labute approximate surface area is 302 Å². The number of carboxylic acid groups (broad SMARTS) is 3. The maximum absolute atomic E-state index is 12.9. The number of carboxylic acids is 3. The highest BCUT2D eigenvalue weighted by Crippen LogP contribution is 2.18. The Morgan fingerprint density at radius 3 is 1.20 bits per heavy atom. The molecule has 0 aromatic heterocycles. The topological polar surface area (TPSA) is 248 Å². The fraction of sp³-hybridized carbons (Fsp3) is 0.865. The molecule has 0 fully saturated rings. The second kappa shape index (κ2) is 39.2. The monoisotopic (exact) mass is 719 g/mol. The highest BCUT2D eigenvalue weighted by Gasteiger charge is 2.34. The van der Waals surface area contributed by atoms with Gasteiger partial charge in [0.1, 0.15) is 12.1 Å². The molecule has 0 spiro atoms. The van der Waals surface area contributed by atoms with Crippen LogP contribution in [0.4, 0.5) is 0 Å². The van der Waals surface area contributed by atoms with Crippen LogP contribution in [-0.4, -0.2) is 86.8 Å². The molecule has 0 rings (SSSR count). The number of carbonyl (C=O) groups is 5. The molecule has 0 radical (unpaired) electrons. The normalized spacial score (nSPS) is 11.7. The van der Waals surface area contributed by atoms with Crippen molar-refractivity contribution < 1.29 is 44.4 Å². The summed E-state index contributed by atoms with van der Waals surface area (Å²) in [5.41, 5.74) is 15.2. The number of rotatable bonds is 31. The third-order valence-corrected chi connectivity index (χ3v) is 8.17. The second-order valence-corrected chi connectivity index (χ2v) is 12.8. The molecule has 50 heavy (non-hydrogen) atoms. The van der Waals surface area contributed by atoms with Gasteiger partial charge < -0.3 is 37.6 Å². The summed E-state index contributed by atoms with van der Waals surface area (Å²) in [4.78, 5) is 59.8. The lowest BCUT2D eigenvalue weighted by Crippen LogP contribution is -2.48. The van der Waals surface area contributed by atoms with Gasteiger partial charge in [-0.2, -0.15) is 0 Å². The lowest BCUT2D eigenvalue weighted by molar-refractivity contribution is -0.159. The zero-order valence-electron chi connectivity index (χ0n) is 31.5. The molecule has 0 aliphatic heterocycles. The average molecular weight is 719 g/mol. The van der Waals surface area contributed by atoms with Gasteiger partial charge in [-0.25, -0.2) is 4.79 Å². The molecular formula is C37H74N4O9. The van der Waals surface area contributed by atoms with E-state index in [0.29, 0.717) is 32.4 Å². The molecule has 296 valence electrons. The number of hydrogen-bond acceptors (Lipinski definition) is 9. The van der Waals surface area contributed by atoms with Crippen molar-refractivity contribution in [1.82, 2.24) is 4.90 Å². The first-order valence-corrected chi connectivity index (χ1v) is 19.2. The maximum atomic E-state index is 12.9. The van der Waals surface area contributed by atoms with Gasteiger partial charge >= 0.3 is 17.9 Å². The van der Waals surface area contributed by atoms with Gasteiger partial charge in [-0.1, -0.05) is 123 Å². The van der Waals surface area contributed by atoms with E-state index < -0.39 is 48.2 Å². The van der Waals surface area contributed by atoms with Gasteiger partial charge in [0.25, 0.3) is 0 Å². The van der Waals surface area contributed by atoms with Gasteiger partial charge in [0.15, 0.2) is 0 Å². The molecule has 0 heterocycles. The number of aliphatic hydroxyl groups is 1. The van der Waals surface area contributed by atoms with Crippen LogP contribution in [0.3, 0.4) is 0 Å². The number of carbonyl (C=O) groups excluding carboxylic acids is 2.